The van der Waals surface area contributed by atoms with Gasteiger partial charge in [0, 0.05) is 37.3 Å². The van der Waals surface area contributed by atoms with Gasteiger partial charge >= 0.3 is 0 Å². The highest BCUT2D eigenvalue weighted by molar-refractivity contribution is 7.89. The van der Waals surface area contributed by atoms with Gasteiger partial charge in [0.15, 0.2) is 0 Å². The van der Waals surface area contributed by atoms with E-state index < -0.39 is 21.4 Å². The minimum absolute atomic E-state index is 0.0253. The molecule has 2 aromatic rings. The molecule has 1 aromatic heterocycles. The molecule has 1 saturated carbocycles. The number of allylic oxidation sites excluding steroid dienone is 1. The Bertz CT molecular complexity index is 1130. The number of carbonyl (C=O) groups is 1. The molecule has 1 fully saturated rings. The fraction of sp³-hybridized carbons (Fsp3) is 0.478. The molecule has 0 unspecified atom stereocenters. The van der Waals surface area contributed by atoms with Crippen molar-refractivity contribution in [3.8, 4) is 0 Å². The van der Waals surface area contributed by atoms with Gasteiger partial charge in [0.1, 0.15) is 5.56 Å². The Morgan fingerprint density at radius 1 is 1.23 bits per heavy atom. The molecular weight excluding hydrogens is 414 g/mol. The average Bonchev–Trinajstić information content (AvgIpc) is 2.76. The van der Waals surface area contributed by atoms with E-state index in [0.717, 1.165) is 32.1 Å². The standard InChI is InChI=1S/C23H31N3O4S/c1-4-14-25-16-20(23(28)24-17-10-8-7-9-11-17)22(27)19-15-18(12-13-21(19)25)31(29,30)26(5-2)6-3/h4,12-13,15-17H,1,5-11,14H2,2-3H3,(H,24,28). The quantitative estimate of drug-likeness (QED) is 0.632. The predicted octanol–water partition coefficient (Wildman–Crippen LogP) is 3.28. The molecule has 0 spiro atoms. The van der Waals surface area contributed by atoms with Crippen molar-refractivity contribution in [1.29, 1.82) is 0 Å². The summed E-state index contributed by atoms with van der Waals surface area (Å²) in [5.74, 6) is -0.409. The first-order valence-electron chi connectivity index (χ1n) is 10.9. The smallest absolute Gasteiger partial charge is 0.256 e. The summed E-state index contributed by atoms with van der Waals surface area (Å²) in [7, 11) is -3.73. The Balaban J connectivity index is 2.11. The zero-order valence-corrected chi connectivity index (χ0v) is 19.1. The Kier molecular flexibility index (Phi) is 7.33. The molecular formula is C23H31N3O4S. The molecule has 1 heterocycles. The molecule has 0 radical (unpaired) electrons. The number of amides is 1. The Labute approximate surface area is 183 Å². The molecule has 3 rings (SSSR count). The minimum Gasteiger partial charge on any atom is -0.349 e. The summed E-state index contributed by atoms with van der Waals surface area (Å²) in [4.78, 5) is 26.2. The maximum Gasteiger partial charge on any atom is 0.256 e. The first-order chi connectivity index (χ1) is 14.8. The fourth-order valence-electron chi connectivity index (χ4n) is 4.21. The second-order valence-corrected chi connectivity index (χ2v) is 9.83. The molecule has 1 N–H and O–H groups in total. The van der Waals surface area contributed by atoms with Crippen molar-refractivity contribution in [1.82, 2.24) is 14.2 Å². The van der Waals surface area contributed by atoms with Gasteiger partial charge in [-0.15, -0.1) is 6.58 Å². The molecule has 7 nitrogen and oxygen atoms in total. The van der Waals surface area contributed by atoms with Crippen LogP contribution in [0.3, 0.4) is 0 Å². The van der Waals surface area contributed by atoms with Gasteiger partial charge in [0.2, 0.25) is 15.5 Å². The van der Waals surface area contributed by atoms with E-state index in [-0.39, 0.29) is 21.9 Å². The van der Waals surface area contributed by atoms with Crippen LogP contribution < -0.4 is 10.7 Å². The summed E-state index contributed by atoms with van der Waals surface area (Å²) in [5.41, 5.74) is 0.134. The molecule has 1 aromatic carbocycles. The van der Waals surface area contributed by atoms with Gasteiger partial charge in [0.25, 0.3) is 5.91 Å². The van der Waals surface area contributed by atoms with Crippen molar-refractivity contribution in [2.24, 2.45) is 0 Å². The lowest BCUT2D eigenvalue weighted by Gasteiger charge is -2.23. The van der Waals surface area contributed by atoms with Crippen LogP contribution in [0.15, 0.2) is 46.7 Å². The lowest BCUT2D eigenvalue weighted by Crippen LogP contribution is -2.38. The maximum atomic E-state index is 13.2. The summed E-state index contributed by atoms with van der Waals surface area (Å²) in [5, 5.41) is 3.20. The van der Waals surface area contributed by atoms with Crippen LogP contribution in [0.4, 0.5) is 0 Å². The van der Waals surface area contributed by atoms with Gasteiger partial charge in [-0.1, -0.05) is 39.2 Å². The van der Waals surface area contributed by atoms with E-state index in [1.807, 2.05) is 0 Å². The molecule has 31 heavy (non-hydrogen) atoms. The molecule has 168 valence electrons. The van der Waals surface area contributed by atoms with Crippen molar-refractivity contribution >= 4 is 26.8 Å². The van der Waals surface area contributed by atoms with Crippen molar-refractivity contribution in [2.75, 3.05) is 13.1 Å². The molecule has 1 aliphatic carbocycles. The number of benzene rings is 1. The van der Waals surface area contributed by atoms with Crippen molar-refractivity contribution < 1.29 is 13.2 Å². The number of rotatable bonds is 8. The van der Waals surface area contributed by atoms with Crippen LogP contribution >= 0.6 is 0 Å². The second kappa shape index (κ2) is 9.78. The van der Waals surface area contributed by atoms with Crippen molar-refractivity contribution in [3.05, 3.63) is 52.8 Å². The van der Waals surface area contributed by atoms with Gasteiger partial charge < -0.3 is 9.88 Å². The number of aromatic nitrogens is 1. The largest absolute Gasteiger partial charge is 0.349 e. The molecule has 0 saturated heterocycles. The van der Waals surface area contributed by atoms with Crippen LogP contribution in [0.2, 0.25) is 0 Å². The summed E-state index contributed by atoms with van der Waals surface area (Å²) < 4.78 is 29.0. The van der Waals surface area contributed by atoms with Crippen LogP contribution in [-0.4, -0.2) is 42.3 Å². The SMILES string of the molecule is C=CCn1cc(C(=O)NC2CCCCC2)c(=O)c2cc(S(=O)(=O)N(CC)CC)ccc21. The number of fused-ring (bicyclic) bond motifs is 1. The number of pyridine rings is 1. The monoisotopic (exact) mass is 445 g/mol. The van der Waals surface area contributed by atoms with Crippen LogP contribution in [0.5, 0.6) is 0 Å². The number of hydrogen-bond acceptors (Lipinski definition) is 4. The summed E-state index contributed by atoms with van der Waals surface area (Å²) >= 11 is 0. The zero-order valence-electron chi connectivity index (χ0n) is 18.3. The van der Waals surface area contributed by atoms with E-state index in [2.05, 4.69) is 11.9 Å². The number of sulfonamides is 1. The molecule has 8 heteroatoms. The van der Waals surface area contributed by atoms with E-state index in [0.29, 0.717) is 25.2 Å². The molecule has 0 atom stereocenters. The zero-order chi connectivity index (χ0) is 22.6. The van der Waals surface area contributed by atoms with Gasteiger partial charge in [-0.05, 0) is 31.0 Å². The third kappa shape index (κ3) is 4.75. The number of carbonyl (C=O) groups excluding carboxylic acids is 1. The summed E-state index contributed by atoms with van der Waals surface area (Å²) in [6.07, 6.45) is 8.33. The van der Waals surface area contributed by atoms with E-state index in [1.165, 1.54) is 16.4 Å². The third-order valence-corrected chi connectivity index (χ3v) is 7.95. The molecule has 0 bridgehead atoms. The fourth-order valence-corrected chi connectivity index (χ4v) is 5.70. The van der Waals surface area contributed by atoms with Crippen molar-refractivity contribution in [2.45, 2.75) is 63.4 Å². The Morgan fingerprint density at radius 3 is 2.52 bits per heavy atom. The predicted molar refractivity (Wildman–Crippen MR) is 123 cm³/mol. The normalized spacial score (nSPS) is 15.3. The number of nitrogens with zero attached hydrogens (tertiary/aromatic N) is 2. The summed E-state index contributed by atoms with van der Waals surface area (Å²) in [6, 6.07) is 4.59. The Hall–Kier alpha value is -2.45. The van der Waals surface area contributed by atoms with Crippen LogP contribution in [0.25, 0.3) is 10.9 Å². The maximum absolute atomic E-state index is 13.2. The van der Waals surface area contributed by atoms with Gasteiger partial charge in [-0.2, -0.15) is 4.31 Å². The number of hydrogen-bond donors (Lipinski definition) is 1. The highest BCUT2D eigenvalue weighted by Crippen LogP contribution is 2.22. The van der Waals surface area contributed by atoms with Crippen LogP contribution in [0, 0.1) is 0 Å². The first-order valence-corrected chi connectivity index (χ1v) is 12.4. The van der Waals surface area contributed by atoms with Gasteiger partial charge in [-0.3, -0.25) is 9.59 Å². The van der Waals surface area contributed by atoms with E-state index >= 15 is 0 Å². The highest BCUT2D eigenvalue weighted by atomic mass is 32.2. The first kappa shape index (κ1) is 23.2. The van der Waals surface area contributed by atoms with Crippen LogP contribution in [-0.2, 0) is 16.6 Å². The van der Waals surface area contributed by atoms with Gasteiger partial charge in [-0.25, -0.2) is 8.42 Å². The van der Waals surface area contributed by atoms with Crippen LogP contribution in [0.1, 0.15) is 56.3 Å². The average molecular weight is 446 g/mol. The second-order valence-electron chi connectivity index (χ2n) is 7.89. The molecule has 1 aliphatic rings. The van der Waals surface area contributed by atoms with Gasteiger partial charge in [0.05, 0.1) is 10.4 Å². The van der Waals surface area contributed by atoms with E-state index in [4.69, 9.17) is 0 Å². The van der Waals surface area contributed by atoms with E-state index in [1.54, 1.807) is 36.8 Å². The number of nitrogens with one attached hydrogen (secondary N) is 1. The topological polar surface area (TPSA) is 88.5 Å². The van der Waals surface area contributed by atoms with E-state index in [9.17, 15) is 18.0 Å². The highest BCUT2D eigenvalue weighted by Gasteiger charge is 2.24. The summed E-state index contributed by atoms with van der Waals surface area (Å²) in [6.45, 7) is 8.36. The minimum atomic E-state index is -3.73. The molecule has 1 amide bonds. The van der Waals surface area contributed by atoms with Crippen molar-refractivity contribution in [3.63, 3.8) is 0 Å². The lowest BCUT2D eigenvalue weighted by atomic mass is 9.95. The molecule has 0 aliphatic heterocycles. The Morgan fingerprint density at radius 2 is 1.90 bits per heavy atom. The third-order valence-electron chi connectivity index (χ3n) is 5.91. The lowest BCUT2D eigenvalue weighted by molar-refractivity contribution is 0.0926.